The fraction of sp³-hybridized carbons (Fsp3) is 0.250. The van der Waals surface area contributed by atoms with Crippen LogP contribution in [0.3, 0.4) is 0 Å². The number of aromatic hydroxyl groups is 1. The van der Waals surface area contributed by atoms with E-state index in [0.29, 0.717) is 5.56 Å². The van der Waals surface area contributed by atoms with Crippen molar-refractivity contribution in [2.75, 3.05) is 0 Å². The number of aromatic nitrogens is 1. The van der Waals surface area contributed by atoms with Crippen molar-refractivity contribution in [1.82, 2.24) is 4.98 Å². The van der Waals surface area contributed by atoms with Gasteiger partial charge >= 0.3 is 0 Å². The summed E-state index contributed by atoms with van der Waals surface area (Å²) in [5.74, 6) is -0.433. The third-order valence-electron chi connectivity index (χ3n) is 2.54. The van der Waals surface area contributed by atoms with Crippen molar-refractivity contribution < 1.29 is 5.11 Å². The molecule has 0 radical (unpaired) electrons. The van der Waals surface area contributed by atoms with Gasteiger partial charge in [-0.15, -0.1) is 0 Å². The lowest BCUT2D eigenvalue weighted by molar-refractivity contribution is 0.465. The Morgan fingerprint density at radius 2 is 1.94 bits per heavy atom. The van der Waals surface area contributed by atoms with Gasteiger partial charge in [0, 0.05) is 11.4 Å². The van der Waals surface area contributed by atoms with Crippen molar-refractivity contribution in [3.63, 3.8) is 0 Å². The molecule has 0 saturated carbocycles. The molecule has 0 saturated heterocycles. The first-order valence-corrected chi connectivity index (χ1v) is 5.04. The molecule has 0 spiro atoms. The van der Waals surface area contributed by atoms with Gasteiger partial charge in [0.2, 0.25) is 5.43 Å². The van der Waals surface area contributed by atoms with Crippen molar-refractivity contribution in [2.45, 2.75) is 20.3 Å². The average Bonchev–Trinajstić information content (AvgIpc) is 2.28. The largest absolute Gasteiger partial charge is 0.503 e. The molecule has 82 valence electrons. The minimum atomic E-state index is -0.803. The van der Waals surface area contributed by atoms with Crippen LogP contribution in [0, 0.1) is 6.92 Å². The summed E-state index contributed by atoms with van der Waals surface area (Å²) in [6.07, 6.45) is 0.741. The maximum absolute atomic E-state index is 11.3. The molecule has 4 nitrogen and oxygen atoms in total. The number of aryl methyl sites for hydroxylation is 2. The van der Waals surface area contributed by atoms with Gasteiger partial charge in [0.25, 0.3) is 5.43 Å². The summed E-state index contributed by atoms with van der Waals surface area (Å²) in [5.41, 5.74) is 0.869. The van der Waals surface area contributed by atoms with Crippen LogP contribution in [0.2, 0.25) is 0 Å². The highest BCUT2D eigenvalue weighted by atomic mass is 16.3. The molecule has 0 unspecified atom stereocenters. The zero-order valence-corrected chi connectivity index (χ0v) is 9.07. The number of hydrogen-bond acceptors (Lipinski definition) is 4. The molecule has 0 bridgehead atoms. The predicted octanol–water partition coefficient (Wildman–Crippen LogP) is 0.921. The Labute approximate surface area is 91.9 Å². The Morgan fingerprint density at radius 1 is 1.25 bits per heavy atom. The molecule has 4 heteroatoms. The number of hydrogen-bond donors (Lipinski definition) is 1. The summed E-state index contributed by atoms with van der Waals surface area (Å²) in [6.45, 7) is 3.76. The SMILES string of the molecule is CCc1cc(-c2c(O)c(=O)c2=O)cc(C)n1. The Bertz CT molecular complexity index is 621. The van der Waals surface area contributed by atoms with Crippen LogP contribution < -0.4 is 10.9 Å². The fourth-order valence-corrected chi connectivity index (χ4v) is 1.71. The fourth-order valence-electron chi connectivity index (χ4n) is 1.71. The molecule has 0 aliphatic rings. The van der Waals surface area contributed by atoms with E-state index in [0.717, 1.165) is 17.8 Å². The van der Waals surface area contributed by atoms with Gasteiger partial charge in [0.05, 0.1) is 5.56 Å². The molecule has 2 aromatic rings. The molecule has 1 aromatic heterocycles. The molecule has 1 aromatic carbocycles. The highest BCUT2D eigenvalue weighted by molar-refractivity contribution is 5.73. The molecule has 16 heavy (non-hydrogen) atoms. The highest BCUT2D eigenvalue weighted by Gasteiger charge is 2.21. The highest BCUT2D eigenvalue weighted by Crippen LogP contribution is 2.25. The molecule has 0 atom stereocenters. The average molecular weight is 217 g/mol. The Morgan fingerprint density at radius 3 is 2.50 bits per heavy atom. The molecule has 1 N–H and O–H groups in total. The smallest absolute Gasteiger partial charge is 0.268 e. The Balaban J connectivity index is 2.62. The van der Waals surface area contributed by atoms with Crippen LogP contribution in [0.5, 0.6) is 5.75 Å². The Hall–Kier alpha value is -1.97. The minimum absolute atomic E-state index is 0.116. The molecule has 2 rings (SSSR count). The number of pyridine rings is 1. The Kier molecular flexibility index (Phi) is 2.34. The third kappa shape index (κ3) is 1.43. The van der Waals surface area contributed by atoms with Gasteiger partial charge < -0.3 is 5.11 Å². The molecular weight excluding hydrogens is 206 g/mol. The van der Waals surface area contributed by atoms with E-state index in [2.05, 4.69) is 4.98 Å². The molecule has 0 aliphatic heterocycles. The zero-order chi connectivity index (χ0) is 11.9. The maximum Gasteiger partial charge on any atom is 0.268 e. The quantitative estimate of drug-likeness (QED) is 0.759. The van der Waals surface area contributed by atoms with Gasteiger partial charge in [-0.2, -0.15) is 0 Å². The van der Waals surface area contributed by atoms with E-state index in [1.807, 2.05) is 13.8 Å². The van der Waals surface area contributed by atoms with Crippen LogP contribution in [-0.2, 0) is 6.42 Å². The first kappa shape index (κ1) is 10.5. The third-order valence-corrected chi connectivity index (χ3v) is 2.54. The standard InChI is InChI=1S/C12H11NO3/c1-3-8-5-7(4-6(2)13-8)9-10(14)12(16)11(9)15/h4-5,14H,3H2,1-2H3. The zero-order valence-electron chi connectivity index (χ0n) is 9.07. The van der Waals surface area contributed by atoms with E-state index in [1.54, 1.807) is 12.1 Å². The summed E-state index contributed by atoms with van der Waals surface area (Å²) in [5, 5.41) is 9.34. The van der Waals surface area contributed by atoms with Crippen molar-refractivity contribution >= 4 is 0 Å². The first-order valence-electron chi connectivity index (χ1n) is 5.04. The van der Waals surface area contributed by atoms with Crippen LogP contribution in [0.15, 0.2) is 21.7 Å². The van der Waals surface area contributed by atoms with Gasteiger partial charge in [0.1, 0.15) is 0 Å². The van der Waals surface area contributed by atoms with E-state index in [9.17, 15) is 14.7 Å². The van der Waals surface area contributed by atoms with Gasteiger partial charge in [0.15, 0.2) is 5.75 Å². The van der Waals surface area contributed by atoms with Crippen LogP contribution in [0.1, 0.15) is 18.3 Å². The summed E-state index contributed by atoms with van der Waals surface area (Å²) in [6, 6.07) is 3.41. The molecular formula is C12H11NO3. The van der Waals surface area contributed by atoms with E-state index in [-0.39, 0.29) is 5.56 Å². The van der Waals surface area contributed by atoms with Crippen LogP contribution >= 0.6 is 0 Å². The second kappa shape index (κ2) is 3.56. The monoisotopic (exact) mass is 217 g/mol. The molecule has 0 aliphatic carbocycles. The maximum atomic E-state index is 11.3. The topological polar surface area (TPSA) is 67.3 Å². The van der Waals surface area contributed by atoms with Crippen molar-refractivity contribution in [3.8, 4) is 16.9 Å². The van der Waals surface area contributed by atoms with Gasteiger partial charge in [-0.05, 0) is 31.0 Å². The normalized spacial score (nSPS) is 10.9. The van der Waals surface area contributed by atoms with Crippen molar-refractivity contribution in [2.24, 2.45) is 0 Å². The van der Waals surface area contributed by atoms with Crippen LogP contribution in [0.25, 0.3) is 11.1 Å². The van der Waals surface area contributed by atoms with Crippen molar-refractivity contribution in [3.05, 3.63) is 44.0 Å². The van der Waals surface area contributed by atoms with Gasteiger partial charge in [-0.1, -0.05) is 6.92 Å². The van der Waals surface area contributed by atoms with Crippen molar-refractivity contribution in [1.29, 1.82) is 0 Å². The van der Waals surface area contributed by atoms with Gasteiger partial charge in [-0.25, -0.2) is 0 Å². The summed E-state index contributed by atoms with van der Waals surface area (Å²) in [7, 11) is 0. The minimum Gasteiger partial charge on any atom is -0.503 e. The molecule has 0 fully saturated rings. The van der Waals surface area contributed by atoms with Gasteiger partial charge in [-0.3, -0.25) is 14.6 Å². The van der Waals surface area contributed by atoms with Crippen LogP contribution in [0.4, 0.5) is 0 Å². The first-order chi connectivity index (χ1) is 7.54. The lowest BCUT2D eigenvalue weighted by Crippen LogP contribution is -2.31. The number of nitrogens with zero attached hydrogens (tertiary/aromatic N) is 1. The molecule has 0 amide bonds. The predicted molar refractivity (Wildman–Crippen MR) is 60.4 cm³/mol. The van der Waals surface area contributed by atoms with E-state index in [4.69, 9.17) is 0 Å². The summed E-state index contributed by atoms with van der Waals surface area (Å²) in [4.78, 5) is 26.5. The second-order valence-electron chi connectivity index (χ2n) is 3.72. The number of rotatable bonds is 2. The van der Waals surface area contributed by atoms with E-state index < -0.39 is 16.6 Å². The van der Waals surface area contributed by atoms with E-state index >= 15 is 0 Å². The second-order valence-corrected chi connectivity index (χ2v) is 3.72. The molecule has 1 heterocycles. The van der Waals surface area contributed by atoms with E-state index in [1.165, 1.54) is 0 Å². The summed E-state index contributed by atoms with van der Waals surface area (Å²) < 4.78 is 0. The summed E-state index contributed by atoms with van der Waals surface area (Å²) >= 11 is 0. The lowest BCUT2D eigenvalue weighted by Gasteiger charge is -2.08. The lowest BCUT2D eigenvalue weighted by atomic mass is 9.99. The van der Waals surface area contributed by atoms with Crippen LogP contribution in [-0.4, -0.2) is 10.1 Å².